The fourth-order valence-electron chi connectivity index (χ4n) is 3.87. The van der Waals surface area contributed by atoms with Gasteiger partial charge < -0.3 is 9.80 Å². The molecule has 2 rings (SSSR count). The molecule has 2 heterocycles. The quantitative estimate of drug-likeness (QED) is 0.794. The second-order valence-corrected chi connectivity index (χ2v) is 7.81. The first-order valence-corrected chi connectivity index (χ1v) is 8.98. The van der Waals surface area contributed by atoms with E-state index in [1.807, 2.05) is 13.8 Å². The van der Waals surface area contributed by atoms with Crippen molar-refractivity contribution in [2.75, 3.05) is 32.7 Å². The number of amides is 1. The standard InChI is InChI=1S/C18H34N2O/c1-14(2)17-7-9-19(10-8-17)13-16-5-11-20(12-6-16)18(21)15(3)4/h14-17H,5-13H2,1-4H3. The van der Waals surface area contributed by atoms with Crippen molar-refractivity contribution in [1.29, 1.82) is 0 Å². The van der Waals surface area contributed by atoms with Crippen molar-refractivity contribution in [3.05, 3.63) is 0 Å². The number of hydrogen-bond donors (Lipinski definition) is 0. The van der Waals surface area contributed by atoms with Gasteiger partial charge in [0.15, 0.2) is 0 Å². The summed E-state index contributed by atoms with van der Waals surface area (Å²) in [5.74, 6) is 3.07. The Hall–Kier alpha value is -0.570. The molecule has 122 valence electrons. The van der Waals surface area contributed by atoms with Crippen LogP contribution in [0.3, 0.4) is 0 Å². The lowest BCUT2D eigenvalue weighted by Crippen LogP contribution is -2.44. The van der Waals surface area contributed by atoms with Gasteiger partial charge in [-0.05, 0) is 56.5 Å². The number of nitrogens with zero attached hydrogens (tertiary/aromatic N) is 2. The number of carbonyl (C=O) groups excluding carboxylic acids is 1. The molecule has 1 amide bonds. The zero-order chi connectivity index (χ0) is 15.4. The van der Waals surface area contributed by atoms with Gasteiger partial charge in [0.2, 0.25) is 5.91 Å². The highest BCUT2D eigenvalue weighted by molar-refractivity contribution is 5.78. The molecule has 0 aromatic carbocycles. The zero-order valence-corrected chi connectivity index (χ0v) is 14.5. The molecule has 0 aromatic rings. The van der Waals surface area contributed by atoms with Crippen LogP contribution in [0.4, 0.5) is 0 Å². The zero-order valence-electron chi connectivity index (χ0n) is 14.5. The molecule has 2 saturated heterocycles. The Morgan fingerprint density at radius 1 is 0.952 bits per heavy atom. The summed E-state index contributed by atoms with van der Waals surface area (Å²) in [7, 11) is 0. The molecule has 0 saturated carbocycles. The molecular formula is C18H34N2O. The van der Waals surface area contributed by atoms with Crippen LogP contribution in [0, 0.1) is 23.7 Å². The molecule has 21 heavy (non-hydrogen) atoms. The van der Waals surface area contributed by atoms with Gasteiger partial charge in [-0.1, -0.05) is 27.7 Å². The largest absolute Gasteiger partial charge is 0.342 e. The van der Waals surface area contributed by atoms with Crippen LogP contribution in [0.1, 0.15) is 53.4 Å². The lowest BCUT2D eigenvalue weighted by Gasteiger charge is -2.38. The van der Waals surface area contributed by atoms with Crippen LogP contribution in [0.15, 0.2) is 0 Å². The van der Waals surface area contributed by atoms with E-state index < -0.39 is 0 Å². The normalized spacial score (nSPS) is 23.2. The number of piperidine rings is 2. The smallest absolute Gasteiger partial charge is 0.225 e. The molecule has 3 heteroatoms. The van der Waals surface area contributed by atoms with Gasteiger partial charge in [0, 0.05) is 25.6 Å². The third kappa shape index (κ3) is 4.70. The maximum atomic E-state index is 12.0. The van der Waals surface area contributed by atoms with Crippen molar-refractivity contribution in [3.63, 3.8) is 0 Å². The number of likely N-dealkylation sites (tertiary alicyclic amines) is 2. The minimum Gasteiger partial charge on any atom is -0.342 e. The van der Waals surface area contributed by atoms with Crippen molar-refractivity contribution in [2.24, 2.45) is 23.7 Å². The van der Waals surface area contributed by atoms with E-state index in [2.05, 4.69) is 23.6 Å². The summed E-state index contributed by atoms with van der Waals surface area (Å²) >= 11 is 0. The first-order chi connectivity index (χ1) is 9.97. The Balaban J connectivity index is 1.69. The van der Waals surface area contributed by atoms with Gasteiger partial charge in [-0.2, -0.15) is 0 Å². The minimum atomic E-state index is 0.150. The topological polar surface area (TPSA) is 23.6 Å². The maximum Gasteiger partial charge on any atom is 0.225 e. The van der Waals surface area contributed by atoms with Crippen LogP contribution < -0.4 is 0 Å². The predicted molar refractivity (Wildman–Crippen MR) is 88.1 cm³/mol. The molecule has 0 spiro atoms. The molecule has 0 N–H and O–H groups in total. The fraction of sp³-hybridized carbons (Fsp3) is 0.944. The summed E-state index contributed by atoms with van der Waals surface area (Å²) in [6.07, 6.45) is 5.15. The summed E-state index contributed by atoms with van der Waals surface area (Å²) in [5.41, 5.74) is 0. The first-order valence-electron chi connectivity index (χ1n) is 8.98. The average Bonchev–Trinajstić information content (AvgIpc) is 2.47. The van der Waals surface area contributed by atoms with Crippen molar-refractivity contribution >= 4 is 5.91 Å². The second kappa shape index (κ2) is 7.62. The van der Waals surface area contributed by atoms with Crippen molar-refractivity contribution in [1.82, 2.24) is 9.80 Å². The van der Waals surface area contributed by atoms with Gasteiger partial charge in [-0.15, -0.1) is 0 Å². The molecule has 2 aliphatic rings. The lowest BCUT2D eigenvalue weighted by atomic mass is 9.86. The summed E-state index contributed by atoms with van der Waals surface area (Å²) in [6.45, 7) is 14.5. The summed E-state index contributed by atoms with van der Waals surface area (Å²) < 4.78 is 0. The van der Waals surface area contributed by atoms with Crippen molar-refractivity contribution in [3.8, 4) is 0 Å². The molecule has 0 aromatic heterocycles. The highest BCUT2D eigenvalue weighted by atomic mass is 16.2. The van der Waals surface area contributed by atoms with Crippen molar-refractivity contribution in [2.45, 2.75) is 53.4 Å². The average molecular weight is 294 g/mol. The van der Waals surface area contributed by atoms with E-state index >= 15 is 0 Å². The molecule has 3 nitrogen and oxygen atoms in total. The SMILES string of the molecule is CC(C)C(=O)N1CCC(CN2CCC(C(C)C)CC2)CC1. The fourth-order valence-corrected chi connectivity index (χ4v) is 3.87. The van der Waals surface area contributed by atoms with Gasteiger partial charge in [0.25, 0.3) is 0 Å². The molecular weight excluding hydrogens is 260 g/mol. The third-order valence-electron chi connectivity index (χ3n) is 5.51. The van der Waals surface area contributed by atoms with Crippen LogP contribution in [-0.2, 0) is 4.79 Å². The van der Waals surface area contributed by atoms with E-state index in [-0.39, 0.29) is 5.92 Å². The van der Waals surface area contributed by atoms with Crippen LogP contribution >= 0.6 is 0 Å². The van der Waals surface area contributed by atoms with Gasteiger partial charge in [-0.25, -0.2) is 0 Å². The van der Waals surface area contributed by atoms with Crippen LogP contribution in [0.25, 0.3) is 0 Å². The van der Waals surface area contributed by atoms with Crippen LogP contribution in [-0.4, -0.2) is 48.4 Å². The summed E-state index contributed by atoms with van der Waals surface area (Å²) in [4.78, 5) is 16.8. The molecule has 0 atom stereocenters. The Labute approximate surface area is 131 Å². The van der Waals surface area contributed by atoms with E-state index in [4.69, 9.17) is 0 Å². The van der Waals surface area contributed by atoms with E-state index in [1.165, 1.54) is 45.3 Å². The maximum absolute atomic E-state index is 12.0. The van der Waals surface area contributed by atoms with Crippen molar-refractivity contribution < 1.29 is 4.79 Å². The van der Waals surface area contributed by atoms with Crippen LogP contribution in [0.2, 0.25) is 0 Å². The number of hydrogen-bond acceptors (Lipinski definition) is 2. The van der Waals surface area contributed by atoms with E-state index in [1.54, 1.807) is 0 Å². The molecule has 0 bridgehead atoms. The molecule has 0 radical (unpaired) electrons. The summed E-state index contributed by atoms with van der Waals surface area (Å²) in [5, 5.41) is 0. The van der Waals surface area contributed by atoms with Gasteiger partial charge in [0.05, 0.1) is 0 Å². The van der Waals surface area contributed by atoms with Gasteiger partial charge in [-0.3, -0.25) is 4.79 Å². The molecule has 2 aliphatic heterocycles. The Morgan fingerprint density at radius 2 is 1.52 bits per heavy atom. The van der Waals surface area contributed by atoms with Gasteiger partial charge in [0.1, 0.15) is 0 Å². The third-order valence-corrected chi connectivity index (χ3v) is 5.51. The number of carbonyl (C=O) groups is 1. The van der Waals surface area contributed by atoms with E-state index in [0.29, 0.717) is 5.91 Å². The van der Waals surface area contributed by atoms with Gasteiger partial charge >= 0.3 is 0 Å². The van der Waals surface area contributed by atoms with E-state index in [0.717, 1.165) is 30.8 Å². The van der Waals surface area contributed by atoms with Crippen LogP contribution in [0.5, 0.6) is 0 Å². The van der Waals surface area contributed by atoms with E-state index in [9.17, 15) is 4.79 Å². The summed E-state index contributed by atoms with van der Waals surface area (Å²) in [6, 6.07) is 0. The highest BCUT2D eigenvalue weighted by Crippen LogP contribution is 2.26. The Morgan fingerprint density at radius 3 is 2.00 bits per heavy atom. The first kappa shape index (κ1) is 16.8. The molecule has 0 aliphatic carbocycles. The minimum absolute atomic E-state index is 0.150. The number of rotatable bonds is 4. The predicted octanol–water partition coefficient (Wildman–Crippen LogP) is 3.25. The Kier molecular flexibility index (Phi) is 6.09. The monoisotopic (exact) mass is 294 g/mol. The molecule has 2 fully saturated rings. The highest BCUT2D eigenvalue weighted by Gasteiger charge is 2.27. The lowest BCUT2D eigenvalue weighted by molar-refractivity contribution is -0.135. The second-order valence-electron chi connectivity index (χ2n) is 7.81. The Bertz CT molecular complexity index is 324. The molecule has 0 unspecified atom stereocenters.